The number of aryl methyl sites for hydroxylation is 2. The van der Waals surface area contributed by atoms with Gasteiger partial charge in [-0.15, -0.1) is 11.3 Å². The van der Waals surface area contributed by atoms with Crippen LogP contribution in [0.3, 0.4) is 0 Å². The number of ether oxygens (including phenoxy) is 1. The average Bonchev–Trinajstić information content (AvgIpc) is 3.10. The summed E-state index contributed by atoms with van der Waals surface area (Å²) in [6.45, 7) is 1.67. The molecule has 2 aromatic heterocycles. The van der Waals surface area contributed by atoms with Gasteiger partial charge in [-0.05, 0) is 62.4 Å². The molecule has 2 heterocycles. The highest BCUT2D eigenvalue weighted by molar-refractivity contribution is 7.99. The van der Waals surface area contributed by atoms with E-state index in [-0.39, 0.29) is 12.4 Å². The van der Waals surface area contributed by atoms with Crippen LogP contribution in [0.15, 0.2) is 29.4 Å². The summed E-state index contributed by atoms with van der Waals surface area (Å²) in [7, 11) is 0. The fourth-order valence-electron chi connectivity index (χ4n) is 3.43. The van der Waals surface area contributed by atoms with Crippen molar-refractivity contribution in [1.82, 2.24) is 9.97 Å². The van der Waals surface area contributed by atoms with Gasteiger partial charge in [0, 0.05) is 16.2 Å². The van der Waals surface area contributed by atoms with Gasteiger partial charge in [-0.2, -0.15) is 0 Å². The number of aliphatic hydroxyl groups excluding tert-OH is 1. The SMILES string of the molecule is CC(=O)c1ccc(OC[C@@H](O)CSc2nc(N)c3c4c(sc3n2)CCCC4)cc1. The van der Waals surface area contributed by atoms with Gasteiger partial charge >= 0.3 is 0 Å². The van der Waals surface area contributed by atoms with Crippen LogP contribution in [0.4, 0.5) is 5.82 Å². The lowest BCUT2D eigenvalue weighted by atomic mass is 9.97. The second-order valence-corrected chi connectivity index (χ2v) is 9.21. The number of carbonyl (C=O) groups excluding carboxylic acids is 1. The van der Waals surface area contributed by atoms with E-state index in [2.05, 4.69) is 9.97 Å². The fourth-order valence-corrected chi connectivity index (χ4v) is 5.51. The van der Waals surface area contributed by atoms with Gasteiger partial charge in [0.25, 0.3) is 0 Å². The predicted octanol–water partition coefficient (Wildman–Crippen LogP) is 3.89. The molecule has 29 heavy (non-hydrogen) atoms. The maximum Gasteiger partial charge on any atom is 0.190 e. The van der Waals surface area contributed by atoms with E-state index in [1.807, 2.05) is 0 Å². The molecule has 0 radical (unpaired) electrons. The topological polar surface area (TPSA) is 98.3 Å². The number of benzene rings is 1. The number of hydrogen-bond acceptors (Lipinski definition) is 8. The summed E-state index contributed by atoms with van der Waals surface area (Å²) in [5, 5.41) is 11.8. The van der Waals surface area contributed by atoms with E-state index in [0.29, 0.717) is 28.0 Å². The first-order valence-electron chi connectivity index (χ1n) is 9.63. The Bertz CT molecular complexity index is 1030. The quantitative estimate of drug-likeness (QED) is 0.334. The number of hydrogen-bond donors (Lipinski definition) is 2. The minimum Gasteiger partial charge on any atom is -0.491 e. The Balaban J connectivity index is 1.35. The molecule has 1 aliphatic rings. The van der Waals surface area contributed by atoms with Crippen molar-refractivity contribution in [3.05, 3.63) is 40.3 Å². The van der Waals surface area contributed by atoms with Crippen molar-refractivity contribution < 1.29 is 14.6 Å². The second kappa shape index (κ2) is 8.69. The number of nitrogens with zero attached hydrogens (tertiary/aromatic N) is 2. The highest BCUT2D eigenvalue weighted by Gasteiger charge is 2.20. The van der Waals surface area contributed by atoms with E-state index in [9.17, 15) is 9.90 Å². The molecule has 1 atom stereocenters. The fraction of sp³-hybridized carbons (Fsp3) is 0.381. The third kappa shape index (κ3) is 4.55. The molecule has 6 nitrogen and oxygen atoms in total. The van der Waals surface area contributed by atoms with Crippen LogP contribution in [0.1, 0.15) is 40.6 Å². The summed E-state index contributed by atoms with van der Waals surface area (Å²) in [6, 6.07) is 6.89. The molecule has 0 amide bonds. The third-order valence-corrected chi connectivity index (χ3v) is 7.11. The molecule has 0 fully saturated rings. The van der Waals surface area contributed by atoms with Crippen LogP contribution in [0.5, 0.6) is 5.75 Å². The molecular weight excluding hydrogens is 406 g/mol. The number of aliphatic hydroxyl groups is 1. The molecule has 0 saturated heterocycles. The Labute approximate surface area is 177 Å². The van der Waals surface area contributed by atoms with E-state index in [1.54, 1.807) is 35.6 Å². The highest BCUT2D eigenvalue weighted by atomic mass is 32.2. The number of nitrogen functional groups attached to an aromatic ring is 1. The number of aromatic nitrogens is 2. The first-order chi connectivity index (χ1) is 14.0. The highest BCUT2D eigenvalue weighted by Crippen LogP contribution is 2.38. The second-order valence-electron chi connectivity index (χ2n) is 7.14. The van der Waals surface area contributed by atoms with Gasteiger partial charge in [0.1, 0.15) is 23.0 Å². The molecule has 1 aromatic carbocycles. The zero-order chi connectivity index (χ0) is 20.4. The summed E-state index contributed by atoms with van der Waals surface area (Å²) in [5.41, 5.74) is 8.19. The maximum atomic E-state index is 11.3. The number of Topliss-reactive ketones (excluding diaryl/α,β-unsaturated/α-hetero) is 1. The number of carbonyl (C=O) groups is 1. The van der Waals surface area contributed by atoms with Crippen molar-refractivity contribution in [2.24, 2.45) is 0 Å². The lowest BCUT2D eigenvalue weighted by Crippen LogP contribution is -2.20. The molecule has 3 aromatic rings. The number of rotatable bonds is 7. The Kier molecular flexibility index (Phi) is 6.03. The Morgan fingerprint density at radius 1 is 1.28 bits per heavy atom. The molecule has 8 heteroatoms. The Hall–Kier alpha value is -2.16. The third-order valence-electron chi connectivity index (χ3n) is 4.93. The van der Waals surface area contributed by atoms with Crippen LogP contribution >= 0.6 is 23.1 Å². The predicted molar refractivity (Wildman–Crippen MR) is 117 cm³/mol. The standard InChI is InChI=1S/C21H23N3O3S2/c1-12(25)13-6-8-15(9-7-13)27-10-14(26)11-28-21-23-19(22)18-16-4-2-3-5-17(16)29-20(18)24-21/h6-9,14,26H,2-5,10-11H2,1H3,(H2,22,23,24)/t14-/m1/s1. The van der Waals surface area contributed by atoms with Gasteiger partial charge in [0.2, 0.25) is 0 Å². The number of ketones is 1. The summed E-state index contributed by atoms with van der Waals surface area (Å²) in [6.07, 6.45) is 3.89. The van der Waals surface area contributed by atoms with Crippen LogP contribution in [-0.4, -0.2) is 39.3 Å². The van der Waals surface area contributed by atoms with Crippen molar-refractivity contribution in [2.75, 3.05) is 18.1 Å². The van der Waals surface area contributed by atoms with Crippen LogP contribution in [-0.2, 0) is 12.8 Å². The minimum atomic E-state index is -0.676. The molecule has 3 N–H and O–H groups in total. The van der Waals surface area contributed by atoms with Crippen molar-refractivity contribution >= 4 is 44.9 Å². The van der Waals surface area contributed by atoms with E-state index >= 15 is 0 Å². The summed E-state index contributed by atoms with van der Waals surface area (Å²) in [5.74, 6) is 1.57. The van der Waals surface area contributed by atoms with Crippen LogP contribution < -0.4 is 10.5 Å². The van der Waals surface area contributed by atoms with Gasteiger partial charge in [0.05, 0.1) is 11.5 Å². The lowest BCUT2D eigenvalue weighted by Gasteiger charge is -2.12. The van der Waals surface area contributed by atoms with Crippen LogP contribution in [0.2, 0.25) is 0 Å². The number of fused-ring (bicyclic) bond motifs is 3. The molecule has 0 unspecified atom stereocenters. The van der Waals surface area contributed by atoms with Gasteiger partial charge in [-0.3, -0.25) is 4.79 Å². The molecule has 0 aliphatic heterocycles. The van der Waals surface area contributed by atoms with E-state index in [0.717, 1.165) is 23.1 Å². The Morgan fingerprint density at radius 3 is 2.79 bits per heavy atom. The van der Waals surface area contributed by atoms with Crippen molar-refractivity contribution in [2.45, 2.75) is 43.9 Å². The van der Waals surface area contributed by atoms with Crippen molar-refractivity contribution in [3.8, 4) is 5.75 Å². The molecule has 4 rings (SSSR count). The minimum absolute atomic E-state index is 0.0100. The van der Waals surface area contributed by atoms with E-state index < -0.39 is 6.10 Å². The lowest BCUT2D eigenvalue weighted by molar-refractivity contribution is 0.101. The zero-order valence-corrected chi connectivity index (χ0v) is 17.8. The summed E-state index contributed by atoms with van der Waals surface area (Å²) in [4.78, 5) is 22.8. The maximum absolute atomic E-state index is 11.3. The smallest absolute Gasteiger partial charge is 0.190 e. The first-order valence-corrected chi connectivity index (χ1v) is 11.4. The average molecular weight is 430 g/mol. The van der Waals surface area contributed by atoms with Crippen molar-refractivity contribution in [3.63, 3.8) is 0 Å². The van der Waals surface area contributed by atoms with E-state index in [1.165, 1.54) is 42.0 Å². The van der Waals surface area contributed by atoms with Crippen LogP contribution in [0, 0.1) is 0 Å². The number of thioether (sulfide) groups is 1. The zero-order valence-electron chi connectivity index (χ0n) is 16.2. The number of nitrogens with two attached hydrogens (primary N) is 1. The molecule has 0 bridgehead atoms. The largest absolute Gasteiger partial charge is 0.491 e. The van der Waals surface area contributed by atoms with E-state index in [4.69, 9.17) is 10.5 Å². The summed E-state index contributed by atoms with van der Waals surface area (Å²) < 4.78 is 5.60. The molecule has 0 spiro atoms. The first kappa shape index (κ1) is 20.1. The Morgan fingerprint density at radius 2 is 2.03 bits per heavy atom. The number of thiophene rings is 1. The molecule has 152 valence electrons. The summed E-state index contributed by atoms with van der Waals surface area (Å²) >= 11 is 3.09. The van der Waals surface area contributed by atoms with Crippen LogP contribution in [0.25, 0.3) is 10.2 Å². The molecular formula is C21H23N3O3S2. The van der Waals surface area contributed by atoms with Gasteiger partial charge in [-0.25, -0.2) is 9.97 Å². The molecule has 0 saturated carbocycles. The van der Waals surface area contributed by atoms with Gasteiger partial charge in [-0.1, -0.05) is 11.8 Å². The van der Waals surface area contributed by atoms with Gasteiger partial charge in [0.15, 0.2) is 10.9 Å². The monoisotopic (exact) mass is 429 g/mol. The van der Waals surface area contributed by atoms with Gasteiger partial charge < -0.3 is 15.6 Å². The molecule has 1 aliphatic carbocycles. The normalized spacial score (nSPS) is 14.6. The van der Waals surface area contributed by atoms with Crippen molar-refractivity contribution in [1.29, 1.82) is 0 Å². The number of anilines is 1.